The Kier molecular flexibility index (Phi) is 8.08. The molecule has 2 aromatic rings. The Hall–Kier alpha value is -4.06. The Bertz CT molecular complexity index is 1300. The summed E-state index contributed by atoms with van der Waals surface area (Å²) in [6.07, 6.45) is 5.59. The van der Waals surface area contributed by atoms with Crippen molar-refractivity contribution in [3.05, 3.63) is 77.3 Å². The minimum atomic E-state index is -0.0252. The number of carbonyl (C=O) groups excluding carboxylic acids is 2. The number of anilines is 4. The van der Waals surface area contributed by atoms with E-state index in [1.165, 1.54) is 0 Å². The van der Waals surface area contributed by atoms with Gasteiger partial charge < -0.3 is 44.9 Å². The van der Waals surface area contributed by atoms with Gasteiger partial charge in [-0.25, -0.2) is 0 Å². The average molecular weight is 560 g/mol. The molecule has 4 aliphatic rings. The predicted molar refractivity (Wildman–Crippen MR) is 157 cm³/mol. The predicted octanol–water partition coefficient (Wildman–Crippen LogP) is 2.92. The van der Waals surface area contributed by atoms with Gasteiger partial charge in [0, 0.05) is 56.3 Å². The Labute approximate surface area is 239 Å². The van der Waals surface area contributed by atoms with Crippen molar-refractivity contribution in [2.75, 3.05) is 86.1 Å². The standard InChI is InChI=1S/C30H35N6O5/c37-29-27(32-15-19-40-20-16-32)3-1-13-34(29)24-7-5-23(6-8-24)31-36(39)26-11-9-25(10-12-26)35-14-2-4-28(30(35)38)33-17-21-41-22-18-33/h3-12,31H,1-2,13-22H2/q-1. The summed E-state index contributed by atoms with van der Waals surface area (Å²) in [5.74, 6) is -0.0352. The Balaban J connectivity index is 1.06. The van der Waals surface area contributed by atoms with E-state index in [4.69, 9.17) is 9.47 Å². The normalized spacial score (nSPS) is 20.1. The molecule has 4 heterocycles. The van der Waals surface area contributed by atoms with Gasteiger partial charge >= 0.3 is 0 Å². The molecular formula is C30H35N6O5-. The molecule has 1 N–H and O–H groups in total. The highest BCUT2D eigenvalue weighted by Gasteiger charge is 2.29. The zero-order chi connectivity index (χ0) is 28.2. The van der Waals surface area contributed by atoms with Crippen molar-refractivity contribution in [2.24, 2.45) is 0 Å². The molecule has 2 aromatic carbocycles. The van der Waals surface area contributed by atoms with E-state index in [0.717, 1.165) is 48.7 Å². The van der Waals surface area contributed by atoms with Crippen LogP contribution in [0.5, 0.6) is 0 Å². The molecule has 0 bridgehead atoms. The summed E-state index contributed by atoms with van der Waals surface area (Å²) in [5.41, 5.74) is 6.87. The van der Waals surface area contributed by atoms with Gasteiger partial charge in [0.1, 0.15) is 0 Å². The number of nitrogens with one attached hydrogen (secondary N) is 1. The Morgan fingerprint density at radius 3 is 1.54 bits per heavy atom. The van der Waals surface area contributed by atoms with Crippen LogP contribution in [0.2, 0.25) is 0 Å². The fourth-order valence-corrected chi connectivity index (χ4v) is 5.61. The molecule has 41 heavy (non-hydrogen) atoms. The van der Waals surface area contributed by atoms with E-state index in [1.807, 2.05) is 24.3 Å². The van der Waals surface area contributed by atoms with Gasteiger partial charge in [-0.15, -0.1) is 0 Å². The van der Waals surface area contributed by atoms with Gasteiger partial charge in [-0.3, -0.25) is 9.59 Å². The topological polar surface area (TPSA) is 104 Å². The van der Waals surface area contributed by atoms with E-state index in [1.54, 1.807) is 46.2 Å². The number of benzene rings is 2. The lowest BCUT2D eigenvalue weighted by molar-refractivity contribution is -0.118. The van der Waals surface area contributed by atoms with Gasteiger partial charge in [0.25, 0.3) is 11.8 Å². The van der Waals surface area contributed by atoms with E-state index in [9.17, 15) is 14.8 Å². The summed E-state index contributed by atoms with van der Waals surface area (Å²) >= 11 is 0. The molecule has 0 saturated carbocycles. The smallest absolute Gasteiger partial charge is 0.274 e. The van der Waals surface area contributed by atoms with E-state index in [2.05, 4.69) is 15.2 Å². The van der Waals surface area contributed by atoms with Crippen LogP contribution >= 0.6 is 0 Å². The second-order valence-corrected chi connectivity index (χ2v) is 10.3. The highest BCUT2D eigenvalue weighted by atomic mass is 16.5. The molecule has 0 unspecified atom stereocenters. The molecule has 2 saturated heterocycles. The lowest BCUT2D eigenvalue weighted by Gasteiger charge is -2.36. The van der Waals surface area contributed by atoms with Crippen LogP contribution in [0.25, 0.3) is 0 Å². The summed E-state index contributed by atoms with van der Waals surface area (Å²) in [6.45, 7) is 6.57. The minimum Gasteiger partial charge on any atom is -0.739 e. The molecule has 11 heteroatoms. The summed E-state index contributed by atoms with van der Waals surface area (Å²) < 4.78 is 10.8. The van der Waals surface area contributed by atoms with E-state index in [-0.39, 0.29) is 11.8 Å². The Morgan fingerprint density at radius 1 is 0.634 bits per heavy atom. The fraction of sp³-hybridized carbons (Fsp3) is 0.400. The molecular weight excluding hydrogens is 524 g/mol. The average Bonchev–Trinajstić information content (AvgIpc) is 3.03. The molecule has 0 spiro atoms. The van der Waals surface area contributed by atoms with Crippen molar-refractivity contribution in [1.82, 2.24) is 9.80 Å². The monoisotopic (exact) mass is 559 g/mol. The lowest BCUT2D eigenvalue weighted by Crippen LogP contribution is -2.45. The van der Waals surface area contributed by atoms with Crippen LogP contribution < -0.4 is 20.4 Å². The van der Waals surface area contributed by atoms with Gasteiger partial charge in [0.05, 0.1) is 43.5 Å². The van der Waals surface area contributed by atoms with Crippen molar-refractivity contribution in [3.63, 3.8) is 0 Å². The van der Waals surface area contributed by atoms with Gasteiger partial charge in [0.2, 0.25) is 0 Å². The third kappa shape index (κ3) is 5.88. The summed E-state index contributed by atoms with van der Waals surface area (Å²) in [5, 5.41) is 13.6. The molecule has 0 radical (unpaired) electrons. The molecule has 0 atom stereocenters. The molecule has 2 amide bonds. The van der Waals surface area contributed by atoms with Crippen molar-refractivity contribution in [2.45, 2.75) is 12.8 Å². The van der Waals surface area contributed by atoms with Crippen LogP contribution in [0.3, 0.4) is 0 Å². The van der Waals surface area contributed by atoms with Gasteiger partial charge in [-0.1, -0.05) is 12.2 Å². The SMILES string of the molecule is O=C1C(N2CCOCC2)=CCCN1c1ccc(NN([O-])c2ccc(N3CCC=C(N4CCOCC4)C3=O)cc2)cc1. The van der Waals surface area contributed by atoms with Crippen LogP contribution in [-0.4, -0.2) is 87.3 Å². The highest BCUT2D eigenvalue weighted by Crippen LogP contribution is 2.28. The molecule has 6 rings (SSSR count). The largest absolute Gasteiger partial charge is 0.739 e. The summed E-state index contributed by atoms with van der Waals surface area (Å²) in [6, 6.07) is 14.3. The van der Waals surface area contributed by atoms with Crippen LogP contribution in [-0.2, 0) is 19.1 Å². The van der Waals surface area contributed by atoms with Crippen molar-refractivity contribution in [3.8, 4) is 0 Å². The van der Waals surface area contributed by atoms with Crippen LogP contribution in [0.4, 0.5) is 22.7 Å². The summed E-state index contributed by atoms with van der Waals surface area (Å²) in [4.78, 5) is 34.1. The number of hydrazine groups is 1. The number of hydrogen-bond donors (Lipinski definition) is 1. The van der Waals surface area contributed by atoms with Gasteiger partial charge in [-0.2, -0.15) is 0 Å². The Morgan fingerprint density at radius 2 is 1.07 bits per heavy atom. The number of ether oxygens (including phenoxy) is 2. The van der Waals surface area contributed by atoms with Crippen LogP contribution in [0.1, 0.15) is 12.8 Å². The number of carbonyl (C=O) groups is 2. The fourth-order valence-electron chi connectivity index (χ4n) is 5.61. The molecule has 2 fully saturated rings. The quantitative estimate of drug-likeness (QED) is 0.513. The number of morpholine rings is 2. The van der Waals surface area contributed by atoms with Crippen molar-refractivity contribution >= 4 is 34.6 Å². The third-order valence-corrected chi connectivity index (χ3v) is 7.82. The van der Waals surface area contributed by atoms with E-state index < -0.39 is 0 Å². The first-order valence-corrected chi connectivity index (χ1v) is 14.2. The molecule has 0 aliphatic carbocycles. The first-order chi connectivity index (χ1) is 20.1. The number of nitrogens with zero attached hydrogens (tertiary/aromatic N) is 5. The number of amides is 2. The van der Waals surface area contributed by atoms with Crippen LogP contribution in [0.15, 0.2) is 72.1 Å². The van der Waals surface area contributed by atoms with E-state index in [0.29, 0.717) is 69.2 Å². The highest BCUT2D eigenvalue weighted by molar-refractivity contribution is 6.06. The molecule has 4 aliphatic heterocycles. The minimum absolute atomic E-state index is 0.0101. The van der Waals surface area contributed by atoms with Crippen molar-refractivity contribution < 1.29 is 19.1 Å². The second kappa shape index (κ2) is 12.2. The second-order valence-electron chi connectivity index (χ2n) is 10.3. The molecule has 11 nitrogen and oxygen atoms in total. The first-order valence-electron chi connectivity index (χ1n) is 14.2. The molecule has 0 aromatic heterocycles. The lowest BCUT2D eigenvalue weighted by atomic mass is 10.1. The molecule has 216 valence electrons. The number of rotatable bonds is 7. The van der Waals surface area contributed by atoms with E-state index >= 15 is 0 Å². The zero-order valence-electron chi connectivity index (χ0n) is 23.0. The zero-order valence-corrected chi connectivity index (χ0v) is 23.0. The third-order valence-electron chi connectivity index (χ3n) is 7.82. The first kappa shape index (κ1) is 27.1. The number of hydrogen-bond acceptors (Lipinski definition) is 9. The van der Waals surface area contributed by atoms with Gasteiger partial charge in [0.15, 0.2) is 0 Å². The van der Waals surface area contributed by atoms with Crippen molar-refractivity contribution in [1.29, 1.82) is 0 Å². The maximum atomic E-state index is 13.2. The maximum Gasteiger partial charge on any atom is 0.274 e. The summed E-state index contributed by atoms with van der Waals surface area (Å²) in [7, 11) is 0. The van der Waals surface area contributed by atoms with Crippen LogP contribution in [0, 0.1) is 5.21 Å². The van der Waals surface area contributed by atoms with Gasteiger partial charge in [-0.05, 0) is 61.4 Å². The maximum absolute atomic E-state index is 13.2.